The van der Waals surface area contributed by atoms with Gasteiger partial charge in [-0.25, -0.2) is 4.98 Å². The number of piperazine rings is 1. The average Bonchev–Trinajstić information content (AvgIpc) is 2.89. The zero-order valence-electron chi connectivity index (χ0n) is 12.2. The number of hydrogen-bond acceptors (Lipinski definition) is 7. The average molecular weight is 327 g/mol. The first kappa shape index (κ1) is 14.9. The van der Waals surface area contributed by atoms with E-state index >= 15 is 0 Å². The molecule has 0 aliphatic carbocycles. The highest BCUT2D eigenvalue weighted by Gasteiger charge is 2.27. The van der Waals surface area contributed by atoms with Crippen molar-refractivity contribution in [2.45, 2.75) is 12.2 Å². The van der Waals surface area contributed by atoms with Crippen LogP contribution in [-0.2, 0) is 0 Å². The number of nitrogen functional groups attached to an aromatic ring is 1. The van der Waals surface area contributed by atoms with E-state index in [1.807, 2.05) is 16.7 Å². The molecule has 0 aromatic carbocycles. The minimum atomic E-state index is 0.0403. The standard InChI is InChI=1S/C13H21N5OS2/c1-9-8-18(6-7-20-9)12(19)10-11(14)16-13(21-10)17-4-2-15-3-5-17/h9,15H,2-8,14H2,1H3. The second kappa shape index (κ2) is 6.41. The lowest BCUT2D eigenvalue weighted by molar-refractivity contribution is 0.0769. The Morgan fingerprint density at radius 2 is 2.14 bits per heavy atom. The summed E-state index contributed by atoms with van der Waals surface area (Å²) in [7, 11) is 0. The Morgan fingerprint density at radius 3 is 2.86 bits per heavy atom. The van der Waals surface area contributed by atoms with Crippen molar-refractivity contribution in [3.8, 4) is 0 Å². The third-order valence-electron chi connectivity index (χ3n) is 3.75. The number of rotatable bonds is 2. The Kier molecular flexibility index (Phi) is 4.56. The van der Waals surface area contributed by atoms with E-state index in [1.54, 1.807) is 0 Å². The molecular formula is C13H21N5OS2. The highest BCUT2D eigenvalue weighted by atomic mass is 32.2. The van der Waals surface area contributed by atoms with Crippen LogP contribution in [0.2, 0.25) is 0 Å². The zero-order chi connectivity index (χ0) is 14.8. The van der Waals surface area contributed by atoms with Crippen molar-refractivity contribution in [1.82, 2.24) is 15.2 Å². The lowest BCUT2D eigenvalue weighted by Crippen LogP contribution is -2.43. The van der Waals surface area contributed by atoms with Crippen molar-refractivity contribution < 1.29 is 4.79 Å². The Morgan fingerprint density at radius 1 is 1.38 bits per heavy atom. The van der Waals surface area contributed by atoms with Gasteiger partial charge < -0.3 is 20.9 Å². The third-order valence-corrected chi connectivity index (χ3v) is 6.01. The molecule has 1 amide bonds. The fourth-order valence-electron chi connectivity index (χ4n) is 2.61. The fourth-order valence-corrected chi connectivity index (χ4v) is 4.63. The highest BCUT2D eigenvalue weighted by Crippen LogP contribution is 2.30. The third kappa shape index (κ3) is 3.27. The van der Waals surface area contributed by atoms with Gasteiger partial charge in [-0.2, -0.15) is 11.8 Å². The predicted octanol–water partition coefficient (Wildman–Crippen LogP) is 0.712. The molecule has 3 rings (SSSR count). The number of carbonyl (C=O) groups is 1. The molecule has 8 heteroatoms. The number of carbonyl (C=O) groups excluding carboxylic acids is 1. The van der Waals surface area contributed by atoms with E-state index in [4.69, 9.17) is 5.73 Å². The van der Waals surface area contributed by atoms with Crippen LogP contribution < -0.4 is 16.0 Å². The lowest BCUT2D eigenvalue weighted by Gasteiger charge is -2.30. The van der Waals surface area contributed by atoms with Gasteiger partial charge in [0.1, 0.15) is 10.7 Å². The van der Waals surface area contributed by atoms with Crippen molar-refractivity contribution in [3.63, 3.8) is 0 Å². The summed E-state index contributed by atoms with van der Waals surface area (Å²) in [4.78, 5) is 21.8. The molecule has 3 N–H and O–H groups in total. The smallest absolute Gasteiger partial charge is 0.267 e. The summed E-state index contributed by atoms with van der Waals surface area (Å²) in [6.07, 6.45) is 0. The normalized spacial score (nSPS) is 23.4. The molecule has 0 radical (unpaired) electrons. The molecule has 6 nitrogen and oxygen atoms in total. The van der Waals surface area contributed by atoms with Gasteiger partial charge >= 0.3 is 0 Å². The number of thiazole rings is 1. The van der Waals surface area contributed by atoms with E-state index in [1.165, 1.54) is 11.3 Å². The maximum Gasteiger partial charge on any atom is 0.267 e. The Hall–Kier alpha value is -0.990. The summed E-state index contributed by atoms with van der Waals surface area (Å²) in [5, 5.41) is 4.67. The number of aromatic nitrogens is 1. The molecule has 116 valence electrons. The minimum absolute atomic E-state index is 0.0403. The number of nitrogens with one attached hydrogen (secondary N) is 1. The van der Waals surface area contributed by atoms with E-state index in [2.05, 4.69) is 22.1 Å². The fraction of sp³-hybridized carbons (Fsp3) is 0.692. The van der Waals surface area contributed by atoms with Crippen molar-refractivity contribution >= 4 is 40.0 Å². The Balaban J connectivity index is 1.75. The van der Waals surface area contributed by atoms with Gasteiger partial charge in [0.05, 0.1) is 0 Å². The van der Waals surface area contributed by atoms with E-state index in [9.17, 15) is 4.79 Å². The van der Waals surface area contributed by atoms with Crippen LogP contribution in [-0.4, -0.2) is 66.1 Å². The Bertz CT molecular complexity index is 515. The van der Waals surface area contributed by atoms with Gasteiger partial charge in [-0.1, -0.05) is 18.3 Å². The van der Waals surface area contributed by atoms with Gasteiger partial charge in [-0.15, -0.1) is 0 Å². The summed E-state index contributed by atoms with van der Waals surface area (Å²) in [6, 6.07) is 0. The highest BCUT2D eigenvalue weighted by molar-refractivity contribution is 7.99. The van der Waals surface area contributed by atoms with Crippen LogP contribution in [0.3, 0.4) is 0 Å². The number of nitrogens with zero attached hydrogens (tertiary/aromatic N) is 3. The Labute approximate surface area is 133 Å². The summed E-state index contributed by atoms with van der Waals surface area (Å²) in [5.41, 5.74) is 5.99. The zero-order valence-corrected chi connectivity index (χ0v) is 13.8. The van der Waals surface area contributed by atoms with Crippen molar-refractivity contribution in [2.24, 2.45) is 0 Å². The van der Waals surface area contributed by atoms with E-state index in [-0.39, 0.29) is 5.91 Å². The molecule has 1 aromatic rings. The minimum Gasteiger partial charge on any atom is -0.382 e. The van der Waals surface area contributed by atoms with Crippen LogP contribution >= 0.6 is 23.1 Å². The molecule has 2 aliphatic rings. The van der Waals surface area contributed by atoms with Gasteiger partial charge in [-0.3, -0.25) is 4.79 Å². The number of amides is 1. The molecule has 2 saturated heterocycles. The maximum atomic E-state index is 12.6. The van der Waals surface area contributed by atoms with Crippen LogP contribution in [0.25, 0.3) is 0 Å². The quantitative estimate of drug-likeness (QED) is 0.833. The van der Waals surface area contributed by atoms with Crippen LogP contribution in [0.4, 0.5) is 10.9 Å². The SMILES string of the molecule is CC1CN(C(=O)c2sc(N3CCNCC3)nc2N)CCS1. The van der Waals surface area contributed by atoms with E-state index < -0.39 is 0 Å². The lowest BCUT2D eigenvalue weighted by atomic mass is 10.3. The van der Waals surface area contributed by atoms with Crippen LogP contribution in [0.5, 0.6) is 0 Å². The topological polar surface area (TPSA) is 74.5 Å². The summed E-state index contributed by atoms with van der Waals surface area (Å²) in [6.45, 7) is 7.48. The predicted molar refractivity (Wildman–Crippen MR) is 89.4 cm³/mol. The molecule has 1 aromatic heterocycles. The van der Waals surface area contributed by atoms with Gasteiger partial charge in [-0.05, 0) is 0 Å². The maximum absolute atomic E-state index is 12.6. The van der Waals surface area contributed by atoms with Gasteiger partial charge in [0.15, 0.2) is 5.13 Å². The molecule has 0 spiro atoms. The van der Waals surface area contributed by atoms with Gasteiger partial charge in [0.2, 0.25) is 0 Å². The molecule has 1 atom stereocenters. The number of nitrogens with two attached hydrogens (primary N) is 1. The van der Waals surface area contributed by atoms with Crippen molar-refractivity contribution in [3.05, 3.63) is 4.88 Å². The van der Waals surface area contributed by atoms with Crippen LogP contribution in [0.1, 0.15) is 16.6 Å². The largest absolute Gasteiger partial charge is 0.382 e. The number of thioether (sulfide) groups is 1. The molecule has 1 unspecified atom stereocenters. The molecule has 0 bridgehead atoms. The number of anilines is 2. The van der Waals surface area contributed by atoms with Crippen LogP contribution in [0.15, 0.2) is 0 Å². The molecule has 2 fully saturated rings. The summed E-state index contributed by atoms with van der Waals surface area (Å²) >= 11 is 3.35. The summed E-state index contributed by atoms with van der Waals surface area (Å²) < 4.78 is 0. The van der Waals surface area contributed by atoms with Crippen molar-refractivity contribution in [1.29, 1.82) is 0 Å². The van der Waals surface area contributed by atoms with Gasteiger partial charge in [0.25, 0.3) is 5.91 Å². The molecule has 21 heavy (non-hydrogen) atoms. The summed E-state index contributed by atoms with van der Waals surface area (Å²) in [5.74, 6) is 1.42. The molecule has 3 heterocycles. The van der Waals surface area contributed by atoms with E-state index in [0.29, 0.717) is 15.9 Å². The molecule has 2 aliphatic heterocycles. The van der Waals surface area contributed by atoms with E-state index in [0.717, 1.165) is 50.2 Å². The second-order valence-corrected chi connectivity index (χ2v) is 7.90. The first-order valence-corrected chi connectivity index (χ1v) is 9.14. The van der Waals surface area contributed by atoms with Crippen LogP contribution in [0, 0.1) is 0 Å². The first-order valence-electron chi connectivity index (χ1n) is 7.28. The molecular weight excluding hydrogens is 306 g/mol. The molecule has 0 saturated carbocycles. The first-order chi connectivity index (χ1) is 10.1. The number of hydrogen-bond donors (Lipinski definition) is 2. The van der Waals surface area contributed by atoms with Crippen molar-refractivity contribution in [2.75, 3.05) is 55.7 Å². The van der Waals surface area contributed by atoms with Gasteiger partial charge in [0, 0.05) is 50.3 Å². The monoisotopic (exact) mass is 327 g/mol. The second-order valence-electron chi connectivity index (χ2n) is 5.38.